The molecule has 5 heteroatoms. The third-order valence-corrected chi connectivity index (χ3v) is 4.53. The van der Waals surface area contributed by atoms with Gasteiger partial charge in [0, 0.05) is 25.1 Å². The monoisotopic (exact) mass is 306 g/mol. The molecule has 0 saturated heterocycles. The number of aromatic nitrogens is 2. The van der Waals surface area contributed by atoms with Crippen LogP contribution in [0.5, 0.6) is 5.88 Å². The molecule has 1 aromatic heterocycles. The molecular formula is C17H30N4O. The lowest BCUT2D eigenvalue weighted by Gasteiger charge is -2.21. The second-order valence-corrected chi connectivity index (χ2v) is 5.94. The van der Waals surface area contributed by atoms with E-state index in [4.69, 9.17) is 9.72 Å². The average molecular weight is 306 g/mol. The smallest absolute Gasteiger partial charge is 0.218 e. The maximum Gasteiger partial charge on any atom is 0.218 e. The summed E-state index contributed by atoms with van der Waals surface area (Å²) in [6.45, 7) is 8.47. The first kappa shape index (κ1) is 17.0. The fourth-order valence-corrected chi connectivity index (χ4v) is 3.06. The number of hydrogen-bond acceptors (Lipinski definition) is 5. The van der Waals surface area contributed by atoms with Crippen LogP contribution in [0, 0.1) is 0 Å². The van der Waals surface area contributed by atoms with Crippen molar-refractivity contribution < 1.29 is 4.74 Å². The van der Waals surface area contributed by atoms with Gasteiger partial charge in [0.1, 0.15) is 11.6 Å². The van der Waals surface area contributed by atoms with Crippen molar-refractivity contribution >= 4 is 5.82 Å². The highest BCUT2D eigenvalue weighted by Gasteiger charge is 2.19. The Bertz CT molecular complexity index is 442. The molecule has 0 aliphatic heterocycles. The lowest BCUT2D eigenvalue weighted by atomic mass is 9.89. The normalized spacial score (nSPS) is 16.0. The van der Waals surface area contributed by atoms with E-state index in [1.807, 2.05) is 6.07 Å². The molecule has 1 aliphatic rings. The summed E-state index contributed by atoms with van der Waals surface area (Å²) in [4.78, 5) is 11.7. The van der Waals surface area contributed by atoms with Gasteiger partial charge in [-0.25, -0.2) is 4.98 Å². The SMILES string of the molecule is CCN(CC)CCNc1cc(OC)nc(C2CCCCC2)n1. The van der Waals surface area contributed by atoms with Gasteiger partial charge in [-0.05, 0) is 25.9 Å². The summed E-state index contributed by atoms with van der Waals surface area (Å²) < 4.78 is 5.35. The maximum absolute atomic E-state index is 5.35. The standard InChI is InChI=1S/C17H30N4O/c1-4-21(5-2)12-11-18-15-13-16(22-3)20-17(19-15)14-9-7-6-8-10-14/h13-14H,4-12H2,1-3H3,(H,18,19,20). The molecule has 0 atom stereocenters. The van der Waals surface area contributed by atoms with Gasteiger partial charge in [-0.3, -0.25) is 0 Å². The van der Waals surface area contributed by atoms with E-state index in [1.54, 1.807) is 7.11 Å². The number of rotatable bonds is 8. The number of anilines is 1. The molecule has 1 saturated carbocycles. The minimum atomic E-state index is 0.493. The molecule has 1 N–H and O–H groups in total. The molecular weight excluding hydrogens is 276 g/mol. The number of nitrogens with one attached hydrogen (secondary N) is 1. The second kappa shape index (κ2) is 8.93. The molecule has 0 unspecified atom stereocenters. The van der Waals surface area contributed by atoms with Crippen molar-refractivity contribution in [2.45, 2.75) is 51.9 Å². The summed E-state index contributed by atoms with van der Waals surface area (Å²) in [5.41, 5.74) is 0. The van der Waals surface area contributed by atoms with E-state index in [0.717, 1.165) is 37.8 Å². The van der Waals surface area contributed by atoms with Gasteiger partial charge >= 0.3 is 0 Å². The Balaban J connectivity index is 2.00. The number of methoxy groups -OCH3 is 1. The van der Waals surface area contributed by atoms with Crippen LogP contribution in [0.2, 0.25) is 0 Å². The number of hydrogen-bond donors (Lipinski definition) is 1. The van der Waals surface area contributed by atoms with Gasteiger partial charge in [-0.1, -0.05) is 33.1 Å². The average Bonchev–Trinajstić information content (AvgIpc) is 2.59. The first-order valence-electron chi connectivity index (χ1n) is 8.66. The highest BCUT2D eigenvalue weighted by Crippen LogP contribution is 2.32. The van der Waals surface area contributed by atoms with Crippen molar-refractivity contribution in [1.82, 2.24) is 14.9 Å². The first-order chi connectivity index (χ1) is 10.8. The van der Waals surface area contributed by atoms with Crippen molar-refractivity contribution in [2.75, 3.05) is 38.6 Å². The number of nitrogens with zero attached hydrogens (tertiary/aromatic N) is 3. The van der Waals surface area contributed by atoms with Crippen molar-refractivity contribution in [3.8, 4) is 5.88 Å². The van der Waals surface area contributed by atoms with E-state index >= 15 is 0 Å². The van der Waals surface area contributed by atoms with Crippen molar-refractivity contribution in [2.24, 2.45) is 0 Å². The van der Waals surface area contributed by atoms with Crippen molar-refractivity contribution in [3.05, 3.63) is 11.9 Å². The minimum absolute atomic E-state index is 0.493. The van der Waals surface area contributed by atoms with Crippen LogP contribution in [0.1, 0.15) is 57.7 Å². The van der Waals surface area contributed by atoms with Crippen LogP contribution in [0.4, 0.5) is 5.82 Å². The maximum atomic E-state index is 5.35. The fraction of sp³-hybridized carbons (Fsp3) is 0.765. The lowest BCUT2D eigenvalue weighted by molar-refractivity contribution is 0.316. The highest BCUT2D eigenvalue weighted by atomic mass is 16.5. The predicted molar refractivity (Wildman–Crippen MR) is 90.7 cm³/mol. The van der Waals surface area contributed by atoms with Gasteiger partial charge in [0.05, 0.1) is 7.11 Å². The third kappa shape index (κ3) is 4.83. The molecule has 0 amide bonds. The van der Waals surface area contributed by atoms with Gasteiger partial charge in [-0.2, -0.15) is 4.98 Å². The molecule has 2 rings (SSSR count). The Hall–Kier alpha value is -1.36. The summed E-state index contributed by atoms with van der Waals surface area (Å²) >= 11 is 0. The quantitative estimate of drug-likeness (QED) is 0.798. The van der Waals surface area contributed by atoms with Crippen LogP contribution in [0.3, 0.4) is 0 Å². The molecule has 0 spiro atoms. The van der Waals surface area contributed by atoms with Gasteiger partial charge in [0.15, 0.2) is 0 Å². The van der Waals surface area contributed by atoms with E-state index in [-0.39, 0.29) is 0 Å². The van der Waals surface area contributed by atoms with Crippen LogP contribution < -0.4 is 10.1 Å². The van der Waals surface area contributed by atoms with Crippen LogP contribution in [-0.4, -0.2) is 48.2 Å². The van der Waals surface area contributed by atoms with Crippen LogP contribution >= 0.6 is 0 Å². The molecule has 0 bridgehead atoms. The fourth-order valence-electron chi connectivity index (χ4n) is 3.06. The molecule has 1 aromatic rings. The third-order valence-electron chi connectivity index (χ3n) is 4.53. The van der Waals surface area contributed by atoms with Gasteiger partial charge in [0.2, 0.25) is 5.88 Å². The van der Waals surface area contributed by atoms with Gasteiger partial charge in [-0.15, -0.1) is 0 Å². The molecule has 1 aliphatic carbocycles. The van der Waals surface area contributed by atoms with Crippen molar-refractivity contribution in [3.63, 3.8) is 0 Å². The summed E-state index contributed by atoms with van der Waals surface area (Å²) in [6.07, 6.45) is 6.32. The molecule has 1 fully saturated rings. The van der Waals surface area contributed by atoms with Crippen LogP contribution in [0.15, 0.2) is 6.07 Å². The zero-order valence-corrected chi connectivity index (χ0v) is 14.3. The summed E-state index contributed by atoms with van der Waals surface area (Å²) in [6, 6.07) is 1.90. The lowest BCUT2D eigenvalue weighted by Crippen LogP contribution is -2.28. The van der Waals surface area contributed by atoms with E-state index in [0.29, 0.717) is 11.8 Å². The topological polar surface area (TPSA) is 50.3 Å². The first-order valence-corrected chi connectivity index (χ1v) is 8.66. The van der Waals surface area contributed by atoms with Crippen LogP contribution in [-0.2, 0) is 0 Å². The summed E-state index contributed by atoms with van der Waals surface area (Å²) in [5.74, 6) is 3.00. The molecule has 124 valence electrons. The minimum Gasteiger partial charge on any atom is -0.481 e. The molecule has 5 nitrogen and oxygen atoms in total. The Morgan fingerprint density at radius 2 is 1.91 bits per heavy atom. The number of likely N-dealkylation sites (N-methyl/N-ethyl adjacent to an activating group) is 1. The summed E-state index contributed by atoms with van der Waals surface area (Å²) in [7, 11) is 1.67. The predicted octanol–water partition coefficient (Wildman–Crippen LogP) is 3.29. The van der Waals surface area contributed by atoms with E-state index < -0.39 is 0 Å². The van der Waals surface area contributed by atoms with E-state index in [2.05, 4.69) is 29.0 Å². The zero-order valence-electron chi connectivity index (χ0n) is 14.3. The molecule has 22 heavy (non-hydrogen) atoms. The zero-order chi connectivity index (χ0) is 15.8. The summed E-state index contributed by atoms with van der Waals surface area (Å²) in [5, 5.41) is 3.43. The Kier molecular flexibility index (Phi) is 6.90. The molecule has 0 aromatic carbocycles. The second-order valence-electron chi connectivity index (χ2n) is 5.94. The Labute approximate surface area is 134 Å². The van der Waals surface area contributed by atoms with Crippen LogP contribution in [0.25, 0.3) is 0 Å². The number of ether oxygens (including phenoxy) is 1. The van der Waals surface area contributed by atoms with Gasteiger partial charge in [0.25, 0.3) is 0 Å². The Morgan fingerprint density at radius 3 is 2.55 bits per heavy atom. The van der Waals surface area contributed by atoms with Crippen molar-refractivity contribution in [1.29, 1.82) is 0 Å². The Morgan fingerprint density at radius 1 is 1.18 bits per heavy atom. The van der Waals surface area contributed by atoms with E-state index in [1.165, 1.54) is 32.1 Å². The molecule has 0 radical (unpaired) electrons. The van der Waals surface area contributed by atoms with Gasteiger partial charge < -0.3 is 15.0 Å². The highest BCUT2D eigenvalue weighted by molar-refractivity contribution is 5.39. The molecule has 1 heterocycles. The van der Waals surface area contributed by atoms with E-state index in [9.17, 15) is 0 Å². The largest absolute Gasteiger partial charge is 0.481 e.